The summed E-state index contributed by atoms with van der Waals surface area (Å²) in [5, 5.41) is 0. The van der Waals surface area contributed by atoms with Crippen LogP contribution in [0.25, 0.3) is 0 Å². The van der Waals surface area contributed by atoms with Crippen LogP contribution in [0, 0.1) is 0 Å². The summed E-state index contributed by atoms with van der Waals surface area (Å²) in [5.41, 5.74) is 0. The monoisotopic (exact) mass is 163 g/mol. The Morgan fingerprint density at radius 1 is 1.18 bits per heavy atom. The third-order valence-electron chi connectivity index (χ3n) is 2.11. The molecule has 0 radical (unpaired) electrons. The number of hydrogen-bond acceptors (Lipinski definition) is 1. The molecule has 0 amide bonds. The molecular formula is C8H15F2N. The van der Waals surface area contributed by atoms with Gasteiger partial charge in [-0.2, -0.15) is 0 Å². The zero-order valence-electron chi connectivity index (χ0n) is 7.06. The van der Waals surface area contributed by atoms with Crippen molar-refractivity contribution in [2.45, 2.75) is 38.7 Å². The Morgan fingerprint density at radius 2 is 1.64 bits per heavy atom. The lowest BCUT2D eigenvalue weighted by atomic mass is 10.1. The molecule has 0 aromatic rings. The fraction of sp³-hybridized carbons (Fsp3) is 1.00. The molecule has 0 aromatic carbocycles. The fourth-order valence-corrected chi connectivity index (χ4v) is 1.43. The van der Waals surface area contributed by atoms with Crippen molar-refractivity contribution < 1.29 is 8.78 Å². The largest absolute Gasteiger partial charge is 0.295 e. The normalized spacial score (nSPS) is 34.6. The molecule has 1 saturated heterocycles. The van der Waals surface area contributed by atoms with E-state index in [1.165, 1.54) is 0 Å². The summed E-state index contributed by atoms with van der Waals surface area (Å²) in [7, 11) is 0. The zero-order valence-corrected chi connectivity index (χ0v) is 7.06. The first-order valence-electron chi connectivity index (χ1n) is 4.11. The summed E-state index contributed by atoms with van der Waals surface area (Å²) >= 11 is 0. The molecule has 0 saturated carbocycles. The molecule has 1 rings (SSSR count). The lowest BCUT2D eigenvalue weighted by Gasteiger charge is -2.33. The molecule has 0 spiro atoms. The van der Waals surface area contributed by atoms with E-state index in [1.54, 1.807) is 0 Å². The minimum absolute atomic E-state index is 0.0865. The standard InChI is InChI=1S/C8H15F2N/c1-6(2)11-4-7(9)3-8(10)5-11/h6-8H,3-5H2,1-2H3. The number of rotatable bonds is 1. The number of piperidine rings is 1. The van der Waals surface area contributed by atoms with Crippen LogP contribution in [0.2, 0.25) is 0 Å². The molecule has 0 N–H and O–H groups in total. The number of likely N-dealkylation sites (tertiary alicyclic amines) is 1. The predicted molar refractivity (Wildman–Crippen MR) is 41.1 cm³/mol. The molecule has 1 heterocycles. The van der Waals surface area contributed by atoms with E-state index >= 15 is 0 Å². The van der Waals surface area contributed by atoms with Crippen LogP contribution in [0.3, 0.4) is 0 Å². The van der Waals surface area contributed by atoms with E-state index in [4.69, 9.17) is 0 Å². The van der Waals surface area contributed by atoms with Gasteiger partial charge in [-0.05, 0) is 13.8 Å². The SMILES string of the molecule is CC(C)N1CC(F)CC(F)C1. The van der Waals surface area contributed by atoms with Gasteiger partial charge in [0.15, 0.2) is 0 Å². The Kier molecular flexibility index (Phi) is 2.82. The van der Waals surface area contributed by atoms with Gasteiger partial charge in [-0.15, -0.1) is 0 Å². The van der Waals surface area contributed by atoms with Crippen LogP contribution < -0.4 is 0 Å². The summed E-state index contributed by atoms with van der Waals surface area (Å²) in [4.78, 5) is 1.85. The molecule has 0 aromatic heterocycles. The highest BCUT2D eigenvalue weighted by atomic mass is 19.1. The molecule has 1 fully saturated rings. The average Bonchev–Trinajstić information content (AvgIpc) is 1.85. The third-order valence-corrected chi connectivity index (χ3v) is 2.11. The van der Waals surface area contributed by atoms with Gasteiger partial charge in [0.25, 0.3) is 0 Å². The Labute approximate surface area is 66.4 Å². The highest BCUT2D eigenvalue weighted by molar-refractivity contribution is 4.80. The highest BCUT2D eigenvalue weighted by Crippen LogP contribution is 2.17. The van der Waals surface area contributed by atoms with Gasteiger partial charge in [0.2, 0.25) is 0 Å². The van der Waals surface area contributed by atoms with Crippen molar-refractivity contribution >= 4 is 0 Å². The maximum Gasteiger partial charge on any atom is 0.116 e. The minimum atomic E-state index is -0.971. The number of hydrogen-bond donors (Lipinski definition) is 0. The lowest BCUT2D eigenvalue weighted by molar-refractivity contribution is 0.0551. The van der Waals surface area contributed by atoms with E-state index in [0.717, 1.165) is 0 Å². The van der Waals surface area contributed by atoms with Crippen LogP contribution in [-0.2, 0) is 0 Å². The lowest BCUT2D eigenvalue weighted by Crippen LogP contribution is -2.45. The van der Waals surface area contributed by atoms with Crippen LogP contribution in [0.5, 0.6) is 0 Å². The van der Waals surface area contributed by atoms with E-state index < -0.39 is 12.3 Å². The molecule has 1 aliphatic rings. The van der Waals surface area contributed by atoms with E-state index in [2.05, 4.69) is 0 Å². The Balaban J connectivity index is 2.43. The Bertz CT molecular complexity index is 117. The first-order chi connectivity index (χ1) is 5.09. The van der Waals surface area contributed by atoms with Gasteiger partial charge in [0.05, 0.1) is 0 Å². The molecule has 0 aliphatic carbocycles. The van der Waals surface area contributed by atoms with E-state index in [0.29, 0.717) is 13.1 Å². The third kappa shape index (κ3) is 2.40. The van der Waals surface area contributed by atoms with Crippen LogP contribution >= 0.6 is 0 Å². The van der Waals surface area contributed by atoms with Crippen molar-refractivity contribution in [3.63, 3.8) is 0 Å². The first kappa shape index (κ1) is 8.91. The van der Waals surface area contributed by atoms with Gasteiger partial charge in [-0.25, -0.2) is 8.78 Å². The molecule has 3 heteroatoms. The molecular weight excluding hydrogens is 148 g/mol. The molecule has 1 nitrogen and oxygen atoms in total. The molecule has 0 bridgehead atoms. The van der Waals surface area contributed by atoms with Crippen LogP contribution in [-0.4, -0.2) is 36.4 Å². The van der Waals surface area contributed by atoms with Gasteiger partial charge in [0.1, 0.15) is 12.3 Å². The fourth-order valence-electron chi connectivity index (χ4n) is 1.43. The van der Waals surface area contributed by atoms with Gasteiger partial charge >= 0.3 is 0 Å². The number of halogens is 2. The van der Waals surface area contributed by atoms with Crippen molar-refractivity contribution in [2.75, 3.05) is 13.1 Å². The molecule has 1 aliphatic heterocycles. The Morgan fingerprint density at radius 3 is 2.00 bits per heavy atom. The topological polar surface area (TPSA) is 3.24 Å². The van der Waals surface area contributed by atoms with Crippen molar-refractivity contribution in [2.24, 2.45) is 0 Å². The summed E-state index contributed by atoms with van der Waals surface area (Å²) in [6, 6.07) is 0.256. The second-order valence-corrected chi connectivity index (χ2v) is 3.48. The minimum Gasteiger partial charge on any atom is -0.295 e. The molecule has 66 valence electrons. The maximum absolute atomic E-state index is 12.8. The van der Waals surface area contributed by atoms with Crippen LogP contribution in [0.15, 0.2) is 0 Å². The summed E-state index contributed by atoms with van der Waals surface area (Å²) in [6.45, 7) is 4.73. The number of alkyl halides is 2. The summed E-state index contributed by atoms with van der Waals surface area (Å²) in [6.07, 6.45) is -1.86. The highest BCUT2D eigenvalue weighted by Gasteiger charge is 2.27. The summed E-state index contributed by atoms with van der Waals surface area (Å²) < 4.78 is 25.5. The van der Waals surface area contributed by atoms with Crippen LogP contribution in [0.1, 0.15) is 20.3 Å². The quantitative estimate of drug-likeness (QED) is 0.569. The van der Waals surface area contributed by atoms with Crippen LogP contribution in [0.4, 0.5) is 8.78 Å². The Hall–Kier alpha value is -0.180. The molecule has 2 atom stereocenters. The summed E-state index contributed by atoms with van der Waals surface area (Å²) in [5.74, 6) is 0. The van der Waals surface area contributed by atoms with Crippen molar-refractivity contribution in [1.29, 1.82) is 0 Å². The maximum atomic E-state index is 12.8. The van der Waals surface area contributed by atoms with E-state index in [9.17, 15) is 8.78 Å². The second-order valence-electron chi connectivity index (χ2n) is 3.48. The second kappa shape index (κ2) is 3.48. The average molecular weight is 163 g/mol. The van der Waals surface area contributed by atoms with E-state index in [-0.39, 0.29) is 12.5 Å². The van der Waals surface area contributed by atoms with Crippen molar-refractivity contribution in [3.8, 4) is 0 Å². The van der Waals surface area contributed by atoms with Gasteiger partial charge in [-0.1, -0.05) is 0 Å². The number of nitrogens with zero attached hydrogens (tertiary/aromatic N) is 1. The smallest absolute Gasteiger partial charge is 0.116 e. The molecule has 11 heavy (non-hydrogen) atoms. The van der Waals surface area contributed by atoms with Crippen molar-refractivity contribution in [1.82, 2.24) is 4.90 Å². The first-order valence-corrected chi connectivity index (χ1v) is 4.11. The predicted octanol–water partition coefficient (Wildman–Crippen LogP) is 1.78. The van der Waals surface area contributed by atoms with Gasteiger partial charge in [0, 0.05) is 25.6 Å². The van der Waals surface area contributed by atoms with Gasteiger partial charge in [-0.3, -0.25) is 4.90 Å². The van der Waals surface area contributed by atoms with Crippen molar-refractivity contribution in [3.05, 3.63) is 0 Å². The van der Waals surface area contributed by atoms with E-state index in [1.807, 2.05) is 18.7 Å². The zero-order chi connectivity index (χ0) is 8.43. The van der Waals surface area contributed by atoms with Gasteiger partial charge < -0.3 is 0 Å². The molecule has 2 unspecified atom stereocenters.